The molecule has 98 valence electrons. The van der Waals surface area contributed by atoms with Crippen molar-refractivity contribution in [2.45, 2.75) is 12.4 Å². The Bertz CT molecular complexity index is 724. The van der Waals surface area contributed by atoms with E-state index in [0.29, 0.717) is 23.4 Å². The number of halogens is 3. The Labute approximate surface area is 122 Å². The molecular weight excluding hydrogens is 308 g/mol. The third-order valence-electron chi connectivity index (χ3n) is 2.79. The fourth-order valence-corrected chi connectivity index (χ4v) is 2.84. The Morgan fingerprint density at radius 1 is 1.37 bits per heavy atom. The zero-order valence-electron chi connectivity index (χ0n) is 9.61. The maximum atomic E-state index is 13.6. The van der Waals surface area contributed by atoms with Crippen molar-refractivity contribution in [3.63, 3.8) is 0 Å². The minimum atomic E-state index is -0.463. The molecule has 0 aliphatic carbocycles. The van der Waals surface area contributed by atoms with Gasteiger partial charge in [0.2, 0.25) is 0 Å². The highest BCUT2D eigenvalue weighted by molar-refractivity contribution is 7.07. The van der Waals surface area contributed by atoms with Crippen molar-refractivity contribution < 1.29 is 4.39 Å². The van der Waals surface area contributed by atoms with Crippen molar-refractivity contribution >= 4 is 45.6 Å². The van der Waals surface area contributed by atoms with Gasteiger partial charge in [-0.3, -0.25) is 0 Å². The number of hydrogen-bond donors (Lipinski definition) is 0. The van der Waals surface area contributed by atoms with Gasteiger partial charge < -0.3 is 4.57 Å². The summed E-state index contributed by atoms with van der Waals surface area (Å²) in [6.45, 7) is 0.517. The van der Waals surface area contributed by atoms with E-state index in [1.54, 1.807) is 5.51 Å². The molecular formula is C12H8Cl2FN3S. The lowest BCUT2D eigenvalue weighted by atomic mass is 10.3. The second-order valence-electron chi connectivity index (χ2n) is 3.98. The Morgan fingerprint density at radius 3 is 2.89 bits per heavy atom. The number of aromatic nitrogens is 3. The maximum absolute atomic E-state index is 13.6. The van der Waals surface area contributed by atoms with Gasteiger partial charge >= 0.3 is 0 Å². The van der Waals surface area contributed by atoms with Gasteiger partial charge in [0.05, 0.1) is 39.7 Å². The summed E-state index contributed by atoms with van der Waals surface area (Å²) in [6.07, 6.45) is 0. The Kier molecular flexibility index (Phi) is 3.43. The molecule has 0 aliphatic heterocycles. The summed E-state index contributed by atoms with van der Waals surface area (Å²) in [7, 11) is 0. The third kappa shape index (κ3) is 2.33. The molecule has 0 bridgehead atoms. The number of imidazole rings is 1. The zero-order chi connectivity index (χ0) is 13.4. The normalized spacial score (nSPS) is 11.3. The Hall–Kier alpha value is -1.17. The van der Waals surface area contributed by atoms with Crippen LogP contribution in [0.15, 0.2) is 23.0 Å². The van der Waals surface area contributed by atoms with Crippen molar-refractivity contribution in [2.24, 2.45) is 0 Å². The van der Waals surface area contributed by atoms with Gasteiger partial charge in [-0.05, 0) is 6.07 Å². The summed E-state index contributed by atoms with van der Waals surface area (Å²) >= 11 is 13.2. The molecule has 0 aliphatic rings. The van der Waals surface area contributed by atoms with Crippen LogP contribution in [0.2, 0.25) is 5.02 Å². The molecule has 0 unspecified atom stereocenters. The molecule has 3 aromatic rings. The van der Waals surface area contributed by atoms with E-state index >= 15 is 0 Å². The van der Waals surface area contributed by atoms with E-state index in [0.717, 1.165) is 5.69 Å². The molecule has 2 heterocycles. The van der Waals surface area contributed by atoms with Crippen LogP contribution in [0.25, 0.3) is 11.0 Å². The van der Waals surface area contributed by atoms with Crippen molar-refractivity contribution in [3.8, 4) is 0 Å². The van der Waals surface area contributed by atoms with Crippen molar-refractivity contribution in [2.75, 3.05) is 0 Å². The predicted molar refractivity (Wildman–Crippen MR) is 75.5 cm³/mol. The number of benzene rings is 1. The van der Waals surface area contributed by atoms with Crippen LogP contribution < -0.4 is 0 Å². The van der Waals surface area contributed by atoms with Crippen molar-refractivity contribution in [3.05, 3.63) is 45.4 Å². The number of fused-ring (bicyclic) bond motifs is 1. The van der Waals surface area contributed by atoms with E-state index in [2.05, 4.69) is 9.97 Å². The van der Waals surface area contributed by atoms with Crippen LogP contribution in [-0.4, -0.2) is 14.5 Å². The summed E-state index contributed by atoms with van der Waals surface area (Å²) in [5, 5.41) is 2.00. The van der Waals surface area contributed by atoms with E-state index < -0.39 is 5.82 Å². The van der Waals surface area contributed by atoms with Crippen LogP contribution in [0.3, 0.4) is 0 Å². The molecule has 0 radical (unpaired) electrons. The molecule has 0 atom stereocenters. The largest absolute Gasteiger partial charge is 0.321 e. The quantitative estimate of drug-likeness (QED) is 0.682. The second-order valence-corrected chi connectivity index (χ2v) is 5.38. The second kappa shape index (κ2) is 5.07. The topological polar surface area (TPSA) is 30.7 Å². The summed E-state index contributed by atoms with van der Waals surface area (Å²) in [5.74, 6) is 0.457. The number of alkyl halides is 1. The fraction of sp³-hybridized carbons (Fsp3) is 0.167. The van der Waals surface area contributed by atoms with Crippen LogP contribution in [0.5, 0.6) is 0 Å². The molecule has 0 saturated heterocycles. The summed E-state index contributed by atoms with van der Waals surface area (Å²) < 4.78 is 15.5. The molecule has 1 aromatic carbocycles. The first-order valence-corrected chi connectivity index (χ1v) is 7.31. The first kappa shape index (κ1) is 12.8. The summed E-state index contributed by atoms with van der Waals surface area (Å²) in [5.41, 5.74) is 3.96. The molecule has 3 rings (SSSR count). The van der Waals surface area contributed by atoms with Crippen LogP contribution in [0.1, 0.15) is 11.5 Å². The van der Waals surface area contributed by atoms with E-state index in [-0.39, 0.29) is 10.9 Å². The highest BCUT2D eigenvalue weighted by Gasteiger charge is 2.14. The average molecular weight is 316 g/mol. The lowest BCUT2D eigenvalue weighted by molar-refractivity contribution is 0.628. The summed E-state index contributed by atoms with van der Waals surface area (Å²) in [4.78, 5) is 8.59. The van der Waals surface area contributed by atoms with Gasteiger partial charge in [-0.25, -0.2) is 14.4 Å². The lowest BCUT2D eigenvalue weighted by Crippen LogP contribution is -2.04. The van der Waals surface area contributed by atoms with E-state index in [1.165, 1.54) is 23.5 Å². The van der Waals surface area contributed by atoms with Gasteiger partial charge in [-0.2, -0.15) is 0 Å². The molecule has 7 heteroatoms. The number of nitrogens with zero attached hydrogens (tertiary/aromatic N) is 3. The van der Waals surface area contributed by atoms with Gasteiger partial charge in [0.25, 0.3) is 0 Å². The van der Waals surface area contributed by atoms with Gasteiger partial charge in [-0.1, -0.05) is 11.6 Å². The highest BCUT2D eigenvalue weighted by Crippen LogP contribution is 2.25. The summed E-state index contributed by atoms with van der Waals surface area (Å²) in [6, 6.07) is 2.90. The third-order valence-corrected chi connectivity index (χ3v) is 3.96. The fourth-order valence-electron chi connectivity index (χ4n) is 1.93. The van der Waals surface area contributed by atoms with Crippen molar-refractivity contribution in [1.29, 1.82) is 0 Å². The van der Waals surface area contributed by atoms with E-state index in [9.17, 15) is 4.39 Å². The smallest absolute Gasteiger partial charge is 0.144 e. The lowest BCUT2D eigenvalue weighted by Gasteiger charge is -2.05. The van der Waals surface area contributed by atoms with E-state index in [1.807, 2.05) is 9.95 Å². The molecule has 0 saturated carbocycles. The molecule has 0 N–H and O–H groups in total. The first-order valence-electron chi connectivity index (χ1n) is 5.46. The van der Waals surface area contributed by atoms with Crippen LogP contribution >= 0.6 is 34.5 Å². The Morgan fingerprint density at radius 2 is 2.21 bits per heavy atom. The van der Waals surface area contributed by atoms with Gasteiger partial charge in [-0.15, -0.1) is 22.9 Å². The molecule has 2 aromatic heterocycles. The monoisotopic (exact) mass is 315 g/mol. The first-order chi connectivity index (χ1) is 9.19. The number of hydrogen-bond acceptors (Lipinski definition) is 3. The zero-order valence-corrected chi connectivity index (χ0v) is 11.9. The molecule has 3 nitrogen and oxygen atoms in total. The standard InChI is InChI=1S/C12H8Cl2FN3S/c13-3-12-17-10-1-8(14)9(15)2-11(10)18(12)4-7-5-19-6-16-7/h1-2,5-6H,3-4H2. The van der Waals surface area contributed by atoms with Crippen LogP contribution in [0.4, 0.5) is 4.39 Å². The molecule has 0 fully saturated rings. The predicted octanol–water partition coefficient (Wildman–Crippen LogP) is 4.07. The Balaban J connectivity index is 2.17. The minimum Gasteiger partial charge on any atom is -0.321 e. The number of rotatable bonds is 3. The van der Waals surface area contributed by atoms with Crippen molar-refractivity contribution in [1.82, 2.24) is 14.5 Å². The van der Waals surface area contributed by atoms with Gasteiger partial charge in [0.1, 0.15) is 11.6 Å². The van der Waals surface area contributed by atoms with Gasteiger partial charge in [0.15, 0.2) is 0 Å². The van der Waals surface area contributed by atoms with E-state index in [4.69, 9.17) is 23.2 Å². The molecule has 0 spiro atoms. The SMILES string of the molecule is Fc1cc2c(cc1Cl)nc(CCl)n2Cc1cscn1. The van der Waals surface area contributed by atoms with Crippen LogP contribution in [-0.2, 0) is 12.4 Å². The number of thiazole rings is 1. The molecule has 0 amide bonds. The average Bonchev–Trinajstić information content (AvgIpc) is 3.00. The maximum Gasteiger partial charge on any atom is 0.144 e. The highest BCUT2D eigenvalue weighted by atomic mass is 35.5. The van der Waals surface area contributed by atoms with Gasteiger partial charge in [0, 0.05) is 11.4 Å². The van der Waals surface area contributed by atoms with Crippen LogP contribution in [0, 0.1) is 5.82 Å². The minimum absolute atomic E-state index is 0.0620. The molecule has 19 heavy (non-hydrogen) atoms.